The minimum atomic E-state index is -0.403. The lowest BCUT2D eigenvalue weighted by atomic mass is 10.2. The Morgan fingerprint density at radius 2 is 2.04 bits per heavy atom. The van der Waals surface area contributed by atoms with Gasteiger partial charge in [0.25, 0.3) is 0 Å². The minimum Gasteiger partial charge on any atom is -0.496 e. The van der Waals surface area contributed by atoms with Crippen molar-refractivity contribution in [1.82, 2.24) is 4.90 Å². The highest BCUT2D eigenvalue weighted by Crippen LogP contribution is 2.20. The van der Waals surface area contributed by atoms with Crippen LogP contribution in [-0.2, 0) is 11.3 Å². The van der Waals surface area contributed by atoms with E-state index in [1.54, 1.807) is 31.2 Å². The van der Waals surface area contributed by atoms with Crippen molar-refractivity contribution in [2.75, 3.05) is 26.0 Å². The molecule has 2 rings (SSSR count). The van der Waals surface area contributed by atoms with Crippen LogP contribution in [0.15, 0.2) is 46.9 Å². The normalized spacial score (nSPS) is 10.3. The van der Waals surface area contributed by atoms with Gasteiger partial charge < -0.3 is 15.0 Å². The van der Waals surface area contributed by atoms with Crippen molar-refractivity contribution < 1.29 is 13.9 Å². The molecule has 0 aliphatic carbocycles. The number of benzene rings is 2. The van der Waals surface area contributed by atoms with Gasteiger partial charge in [0.2, 0.25) is 5.91 Å². The average Bonchev–Trinajstić information content (AvgIpc) is 2.54. The maximum absolute atomic E-state index is 13.7. The molecule has 0 atom stereocenters. The number of likely N-dealkylation sites (N-methyl/N-ethyl adjacent to an activating group) is 1. The summed E-state index contributed by atoms with van der Waals surface area (Å²) in [5.41, 5.74) is 1.22. The fraction of sp³-hybridized carbons (Fsp3) is 0.235. The molecule has 0 aliphatic rings. The fourth-order valence-electron chi connectivity index (χ4n) is 2.12. The van der Waals surface area contributed by atoms with Crippen LogP contribution < -0.4 is 10.1 Å². The summed E-state index contributed by atoms with van der Waals surface area (Å²) in [6.45, 7) is 0.442. The quantitative estimate of drug-likeness (QED) is 0.831. The van der Waals surface area contributed by atoms with E-state index in [1.165, 1.54) is 6.07 Å². The van der Waals surface area contributed by atoms with Gasteiger partial charge in [-0.15, -0.1) is 0 Å². The van der Waals surface area contributed by atoms with E-state index in [0.29, 0.717) is 16.7 Å². The van der Waals surface area contributed by atoms with E-state index in [2.05, 4.69) is 21.2 Å². The number of hydrogen-bond acceptors (Lipinski definition) is 3. The van der Waals surface area contributed by atoms with E-state index in [4.69, 9.17) is 4.74 Å². The van der Waals surface area contributed by atoms with Crippen LogP contribution in [0.1, 0.15) is 5.56 Å². The van der Waals surface area contributed by atoms with Crippen molar-refractivity contribution in [2.24, 2.45) is 0 Å². The summed E-state index contributed by atoms with van der Waals surface area (Å²) in [5.74, 6) is 0.192. The number of para-hydroxylation sites is 1. The third-order valence-corrected chi connectivity index (χ3v) is 3.88. The second kappa shape index (κ2) is 7.97. The van der Waals surface area contributed by atoms with Gasteiger partial charge in [-0.3, -0.25) is 4.79 Å². The highest BCUT2D eigenvalue weighted by molar-refractivity contribution is 9.10. The van der Waals surface area contributed by atoms with E-state index in [0.717, 1.165) is 11.3 Å². The predicted molar refractivity (Wildman–Crippen MR) is 92.1 cm³/mol. The number of carbonyl (C=O) groups excluding carboxylic acids is 1. The molecule has 0 aromatic heterocycles. The lowest BCUT2D eigenvalue weighted by molar-refractivity contribution is -0.128. The number of amides is 1. The predicted octanol–water partition coefficient (Wildman–Crippen LogP) is 3.67. The summed E-state index contributed by atoms with van der Waals surface area (Å²) in [5, 5.41) is 2.82. The Balaban J connectivity index is 1.95. The van der Waals surface area contributed by atoms with Gasteiger partial charge in [0, 0.05) is 23.6 Å². The molecule has 0 heterocycles. The maximum Gasteiger partial charge on any atom is 0.241 e. The monoisotopic (exact) mass is 380 g/mol. The Hall–Kier alpha value is -2.08. The molecule has 23 heavy (non-hydrogen) atoms. The Morgan fingerprint density at radius 1 is 1.30 bits per heavy atom. The zero-order valence-corrected chi connectivity index (χ0v) is 14.6. The molecule has 0 unspecified atom stereocenters. The lowest BCUT2D eigenvalue weighted by Crippen LogP contribution is -2.32. The number of nitrogens with zero attached hydrogens (tertiary/aromatic N) is 1. The van der Waals surface area contributed by atoms with Crippen LogP contribution in [0, 0.1) is 5.82 Å². The number of ether oxygens (including phenoxy) is 1. The lowest BCUT2D eigenvalue weighted by Gasteiger charge is -2.19. The third-order valence-electron chi connectivity index (χ3n) is 3.39. The summed E-state index contributed by atoms with van der Waals surface area (Å²) in [6.07, 6.45) is 0. The van der Waals surface area contributed by atoms with Crippen LogP contribution in [0.4, 0.5) is 10.1 Å². The van der Waals surface area contributed by atoms with Crippen LogP contribution in [-0.4, -0.2) is 31.5 Å². The molecule has 0 aliphatic heterocycles. The van der Waals surface area contributed by atoms with Crippen LogP contribution in [0.2, 0.25) is 0 Å². The molecule has 4 nitrogen and oxygen atoms in total. The average molecular weight is 381 g/mol. The largest absolute Gasteiger partial charge is 0.496 e. The SMILES string of the molecule is COc1ccccc1CN(C)C(=O)CNc1ccc(Br)cc1F. The van der Waals surface area contributed by atoms with Crippen LogP contribution in [0.3, 0.4) is 0 Å². The summed E-state index contributed by atoms with van der Waals surface area (Å²) in [7, 11) is 3.30. The molecule has 0 fully saturated rings. The molecule has 1 amide bonds. The summed E-state index contributed by atoms with van der Waals surface area (Å²) < 4.78 is 19.6. The molecule has 0 saturated carbocycles. The van der Waals surface area contributed by atoms with Crippen molar-refractivity contribution in [3.05, 3.63) is 58.3 Å². The topological polar surface area (TPSA) is 41.6 Å². The van der Waals surface area contributed by atoms with Gasteiger partial charge in [0.1, 0.15) is 11.6 Å². The van der Waals surface area contributed by atoms with Crippen molar-refractivity contribution in [2.45, 2.75) is 6.54 Å². The van der Waals surface area contributed by atoms with Crippen LogP contribution >= 0.6 is 15.9 Å². The first-order chi connectivity index (χ1) is 11.0. The standard InChI is InChI=1S/C17H18BrFN2O2/c1-21(11-12-5-3-4-6-16(12)23-2)17(22)10-20-15-8-7-13(18)9-14(15)19/h3-9,20H,10-11H2,1-2H3. The van der Waals surface area contributed by atoms with E-state index < -0.39 is 5.82 Å². The second-order valence-electron chi connectivity index (χ2n) is 5.04. The maximum atomic E-state index is 13.7. The van der Waals surface area contributed by atoms with Crippen LogP contribution in [0.25, 0.3) is 0 Å². The molecular formula is C17H18BrFN2O2. The van der Waals surface area contributed by atoms with Crippen LogP contribution in [0.5, 0.6) is 5.75 Å². The number of halogens is 2. The molecule has 0 saturated heterocycles. The highest BCUT2D eigenvalue weighted by atomic mass is 79.9. The Labute approximate surface area is 143 Å². The zero-order valence-electron chi connectivity index (χ0n) is 13.0. The van der Waals surface area contributed by atoms with Gasteiger partial charge in [-0.25, -0.2) is 4.39 Å². The number of carbonyl (C=O) groups is 1. The van der Waals surface area contributed by atoms with Crippen molar-refractivity contribution in [3.8, 4) is 5.75 Å². The molecule has 6 heteroatoms. The molecule has 0 spiro atoms. The van der Waals surface area contributed by atoms with Gasteiger partial charge in [-0.2, -0.15) is 0 Å². The number of anilines is 1. The van der Waals surface area contributed by atoms with Gasteiger partial charge >= 0.3 is 0 Å². The first-order valence-electron chi connectivity index (χ1n) is 7.06. The second-order valence-corrected chi connectivity index (χ2v) is 5.96. The van der Waals surface area contributed by atoms with E-state index in [1.807, 2.05) is 24.3 Å². The summed E-state index contributed by atoms with van der Waals surface area (Å²) in [6, 6.07) is 12.2. The first-order valence-corrected chi connectivity index (χ1v) is 7.85. The summed E-state index contributed by atoms with van der Waals surface area (Å²) >= 11 is 3.20. The molecule has 122 valence electrons. The number of rotatable bonds is 6. The van der Waals surface area contributed by atoms with E-state index in [-0.39, 0.29) is 12.5 Å². The van der Waals surface area contributed by atoms with Crippen molar-refractivity contribution in [1.29, 1.82) is 0 Å². The van der Waals surface area contributed by atoms with Crippen molar-refractivity contribution >= 4 is 27.5 Å². The Kier molecular flexibility index (Phi) is 5.98. The molecule has 0 bridgehead atoms. The molecule has 2 aromatic rings. The van der Waals surface area contributed by atoms with Crippen molar-refractivity contribution in [3.63, 3.8) is 0 Å². The van der Waals surface area contributed by atoms with E-state index >= 15 is 0 Å². The highest BCUT2D eigenvalue weighted by Gasteiger charge is 2.12. The Bertz CT molecular complexity index is 694. The van der Waals surface area contributed by atoms with Gasteiger partial charge in [0.05, 0.1) is 19.3 Å². The fourth-order valence-corrected chi connectivity index (χ4v) is 2.45. The number of hydrogen-bond donors (Lipinski definition) is 1. The Morgan fingerprint density at radius 3 is 2.74 bits per heavy atom. The van der Waals surface area contributed by atoms with Gasteiger partial charge in [-0.05, 0) is 24.3 Å². The third kappa shape index (κ3) is 4.69. The molecular weight excluding hydrogens is 363 g/mol. The smallest absolute Gasteiger partial charge is 0.241 e. The number of methoxy groups -OCH3 is 1. The van der Waals surface area contributed by atoms with Gasteiger partial charge in [-0.1, -0.05) is 34.1 Å². The minimum absolute atomic E-state index is 0.0181. The first kappa shape index (κ1) is 17.3. The van der Waals surface area contributed by atoms with Gasteiger partial charge in [0.15, 0.2) is 0 Å². The molecule has 2 aromatic carbocycles. The molecule has 0 radical (unpaired) electrons. The number of nitrogens with one attached hydrogen (secondary N) is 1. The molecule has 1 N–H and O–H groups in total. The summed E-state index contributed by atoms with van der Waals surface area (Å²) in [4.78, 5) is 13.8. The van der Waals surface area contributed by atoms with E-state index in [9.17, 15) is 9.18 Å². The zero-order chi connectivity index (χ0) is 16.8.